The third kappa shape index (κ3) is 3.95. The molecule has 0 spiro atoms. The molecule has 0 bridgehead atoms. The lowest BCUT2D eigenvalue weighted by molar-refractivity contribution is 0.0294. The number of nitrogens with zero attached hydrogens (tertiary/aromatic N) is 2. The maximum atomic E-state index is 5.97. The first-order chi connectivity index (χ1) is 11.9. The number of hydrogen-bond donors (Lipinski definition) is 0. The van der Waals surface area contributed by atoms with Crippen molar-refractivity contribution in [1.29, 1.82) is 0 Å². The molecule has 0 N–H and O–H groups in total. The Bertz CT molecular complexity index is 600. The van der Waals surface area contributed by atoms with E-state index in [1.54, 1.807) is 7.11 Å². The summed E-state index contributed by atoms with van der Waals surface area (Å²) in [5.74, 6) is 2.49. The van der Waals surface area contributed by atoms with Crippen LogP contribution < -0.4 is 9.47 Å². The van der Waals surface area contributed by atoms with Crippen molar-refractivity contribution in [2.75, 3.05) is 33.8 Å². The van der Waals surface area contributed by atoms with E-state index in [4.69, 9.17) is 9.47 Å². The maximum Gasteiger partial charge on any atom is 0.161 e. The van der Waals surface area contributed by atoms with Crippen LogP contribution in [0, 0.1) is 5.92 Å². The Morgan fingerprint density at radius 3 is 2.52 bits per heavy atom. The Kier molecular flexibility index (Phi) is 5.59. The lowest BCUT2D eigenvalue weighted by Crippen LogP contribution is -2.55. The van der Waals surface area contributed by atoms with Gasteiger partial charge in [0.25, 0.3) is 0 Å². The maximum absolute atomic E-state index is 5.97. The molecule has 140 valence electrons. The van der Waals surface area contributed by atoms with Gasteiger partial charge in [-0.1, -0.05) is 13.8 Å². The molecule has 4 nitrogen and oxygen atoms in total. The number of benzene rings is 1. The van der Waals surface area contributed by atoms with E-state index in [9.17, 15) is 0 Å². The summed E-state index contributed by atoms with van der Waals surface area (Å²) in [7, 11) is 4.02. The van der Waals surface area contributed by atoms with Crippen molar-refractivity contribution < 1.29 is 9.47 Å². The van der Waals surface area contributed by atoms with Crippen molar-refractivity contribution in [3.05, 3.63) is 23.3 Å². The molecule has 1 fully saturated rings. The van der Waals surface area contributed by atoms with Gasteiger partial charge in [0.2, 0.25) is 0 Å². The quantitative estimate of drug-likeness (QED) is 0.811. The normalized spacial score (nSPS) is 24.3. The summed E-state index contributed by atoms with van der Waals surface area (Å²) < 4.78 is 11.6. The van der Waals surface area contributed by atoms with Gasteiger partial charge in [-0.2, -0.15) is 0 Å². The van der Waals surface area contributed by atoms with E-state index in [1.165, 1.54) is 24.1 Å². The van der Waals surface area contributed by atoms with Gasteiger partial charge < -0.3 is 14.4 Å². The topological polar surface area (TPSA) is 24.9 Å². The fourth-order valence-electron chi connectivity index (χ4n) is 4.33. The number of piperazine rings is 1. The van der Waals surface area contributed by atoms with Crippen LogP contribution in [0.15, 0.2) is 12.1 Å². The minimum absolute atomic E-state index is 0.157. The minimum Gasteiger partial charge on any atom is -0.493 e. The van der Waals surface area contributed by atoms with Gasteiger partial charge in [0, 0.05) is 31.7 Å². The van der Waals surface area contributed by atoms with Crippen LogP contribution in [0.5, 0.6) is 11.5 Å². The highest BCUT2D eigenvalue weighted by molar-refractivity contribution is 5.50. The van der Waals surface area contributed by atoms with E-state index in [0.29, 0.717) is 12.1 Å². The van der Waals surface area contributed by atoms with Crippen LogP contribution in [0.3, 0.4) is 0 Å². The number of rotatable bonds is 5. The second-order valence-corrected chi connectivity index (χ2v) is 8.35. The predicted molar refractivity (Wildman–Crippen MR) is 103 cm³/mol. The first kappa shape index (κ1) is 18.5. The zero-order chi connectivity index (χ0) is 18.1. The fourth-order valence-corrected chi connectivity index (χ4v) is 4.33. The Labute approximate surface area is 153 Å². The van der Waals surface area contributed by atoms with Gasteiger partial charge in [0.1, 0.15) is 0 Å². The molecular weight excluding hydrogens is 312 g/mol. The molecule has 2 heterocycles. The number of likely N-dealkylation sites (N-methyl/N-ethyl adjacent to an activating group) is 1. The largest absolute Gasteiger partial charge is 0.493 e. The molecule has 1 saturated heterocycles. The van der Waals surface area contributed by atoms with Crippen molar-refractivity contribution in [3.8, 4) is 11.5 Å². The number of fused-ring (bicyclic) bond motifs is 3. The van der Waals surface area contributed by atoms with Crippen molar-refractivity contribution in [3.63, 3.8) is 0 Å². The van der Waals surface area contributed by atoms with Crippen LogP contribution in [0.2, 0.25) is 0 Å². The smallest absolute Gasteiger partial charge is 0.161 e. The third-order valence-corrected chi connectivity index (χ3v) is 5.53. The summed E-state index contributed by atoms with van der Waals surface area (Å²) in [6.45, 7) is 12.2. The lowest BCUT2D eigenvalue weighted by Gasteiger charge is -2.48. The van der Waals surface area contributed by atoms with Crippen LogP contribution in [0.25, 0.3) is 0 Å². The van der Waals surface area contributed by atoms with Gasteiger partial charge in [-0.25, -0.2) is 0 Å². The molecular formula is C21H34N2O2. The molecule has 2 aliphatic rings. The van der Waals surface area contributed by atoms with Gasteiger partial charge in [0.15, 0.2) is 11.5 Å². The van der Waals surface area contributed by atoms with Crippen LogP contribution in [0.1, 0.15) is 51.3 Å². The average Bonchev–Trinajstić information content (AvgIpc) is 2.54. The number of hydrogen-bond acceptors (Lipinski definition) is 4. The van der Waals surface area contributed by atoms with E-state index in [0.717, 1.165) is 36.9 Å². The van der Waals surface area contributed by atoms with Crippen molar-refractivity contribution in [1.82, 2.24) is 9.80 Å². The van der Waals surface area contributed by atoms with Crippen molar-refractivity contribution in [2.24, 2.45) is 5.92 Å². The van der Waals surface area contributed by atoms with Crippen molar-refractivity contribution >= 4 is 0 Å². The molecule has 2 atom stereocenters. The Morgan fingerprint density at radius 1 is 1.12 bits per heavy atom. The van der Waals surface area contributed by atoms with E-state index in [1.807, 2.05) is 0 Å². The monoisotopic (exact) mass is 346 g/mol. The zero-order valence-corrected chi connectivity index (χ0v) is 16.7. The second kappa shape index (κ2) is 7.55. The highest BCUT2D eigenvalue weighted by Gasteiger charge is 2.36. The molecule has 0 unspecified atom stereocenters. The van der Waals surface area contributed by atoms with Gasteiger partial charge in [-0.15, -0.1) is 0 Å². The standard InChI is InChI=1S/C21H34N2O2/c1-14(2)9-17-12-23-8-7-16-10-21(25-15(3)4)20(24-6)11-18(16)19(23)13-22(17)5/h10-11,14-15,17,19H,7-9,12-13H2,1-6H3/t17-,19-/m1/s1. The van der Waals surface area contributed by atoms with E-state index < -0.39 is 0 Å². The molecule has 0 amide bonds. The van der Waals surface area contributed by atoms with E-state index in [2.05, 4.69) is 56.7 Å². The Balaban J connectivity index is 1.86. The third-order valence-electron chi connectivity index (χ3n) is 5.53. The lowest BCUT2D eigenvalue weighted by atomic mass is 9.88. The predicted octanol–water partition coefficient (Wildman–Crippen LogP) is 3.74. The van der Waals surface area contributed by atoms with Gasteiger partial charge >= 0.3 is 0 Å². The molecule has 0 radical (unpaired) electrons. The summed E-state index contributed by atoms with van der Waals surface area (Å²) in [6.07, 6.45) is 2.53. The molecule has 25 heavy (non-hydrogen) atoms. The van der Waals surface area contributed by atoms with Crippen LogP contribution in [-0.4, -0.2) is 55.7 Å². The van der Waals surface area contributed by atoms with Gasteiger partial charge in [0.05, 0.1) is 13.2 Å². The molecule has 0 saturated carbocycles. The van der Waals surface area contributed by atoms with Crippen LogP contribution in [0.4, 0.5) is 0 Å². The molecule has 0 aromatic heterocycles. The summed E-state index contributed by atoms with van der Waals surface area (Å²) >= 11 is 0. The highest BCUT2D eigenvalue weighted by atomic mass is 16.5. The summed E-state index contributed by atoms with van der Waals surface area (Å²) in [4.78, 5) is 5.24. The zero-order valence-electron chi connectivity index (χ0n) is 16.7. The minimum atomic E-state index is 0.157. The Morgan fingerprint density at radius 2 is 1.88 bits per heavy atom. The second-order valence-electron chi connectivity index (χ2n) is 8.35. The molecule has 1 aromatic rings. The van der Waals surface area contributed by atoms with Gasteiger partial charge in [-0.05, 0) is 62.9 Å². The molecule has 1 aromatic carbocycles. The SMILES string of the molecule is COc1cc2c(cc1OC(C)C)CCN1C[C@@H](CC(C)C)N(C)C[C@H]21. The first-order valence-electron chi connectivity index (χ1n) is 9.70. The highest BCUT2D eigenvalue weighted by Crippen LogP contribution is 2.40. The first-order valence-corrected chi connectivity index (χ1v) is 9.70. The van der Waals surface area contributed by atoms with E-state index in [-0.39, 0.29) is 6.10 Å². The summed E-state index contributed by atoms with van der Waals surface area (Å²) in [6, 6.07) is 5.58. The van der Waals surface area contributed by atoms with Crippen molar-refractivity contribution in [2.45, 2.75) is 58.7 Å². The molecule has 4 heteroatoms. The van der Waals surface area contributed by atoms with Gasteiger partial charge in [-0.3, -0.25) is 4.90 Å². The van der Waals surface area contributed by atoms with Crippen LogP contribution >= 0.6 is 0 Å². The molecule has 2 aliphatic heterocycles. The van der Waals surface area contributed by atoms with Crippen LogP contribution in [-0.2, 0) is 6.42 Å². The number of methoxy groups -OCH3 is 1. The summed E-state index contributed by atoms with van der Waals surface area (Å²) in [5.41, 5.74) is 2.85. The number of ether oxygens (including phenoxy) is 2. The Hall–Kier alpha value is -1.26. The molecule has 0 aliphatic carbocycles. The average molecular weight is 347 g/mol. The fraction of sp³-hybridized carbons (Fsp3) is 0.714. The van der Waals surface area contributed by atoms with E-state index >= 15 is 0 Å². The summed E-state index contributed by atoms with van der Waals surface area (Å²) in [5, 5.41) is 0. The molecule has 3 rings (SSSR count).